The van der Waals surface area contributed by atoms with Crippen LogP contribution in [0.15, 0.2) is 6.07 Å². The number of halogens is 3. The van der Waals surface area contributed by atoms with Crippen LogP contribution in [-0.2, 0) is 13.2 Å². The highest BCUT2D eigenvalue weighted by Crippen LogP contribution is 2.33. The molecule has 2 atom stereocenters. The second kappa shape index (κ2) is 4.14. The van der Waals surface area contributed by atoms with Gasteiger partial charge in [-0.1, -0.05) is 0 Å². The number of carbonyl (C=O) groups is 1. The number of hydrogen-bond donors (Lipinski definition) is 0. The van der Waals surface area contributed by atoms with Crippen LogP contribution in [0, 0.1) is 0 Å². The van der Waals surface area contributed by atoms with Crippen LogP contribution in [0.25, 0.3) is 0 Å². The average Bonchev–Trinajstić information content (AvgIpc) is 2.75. The van der Waals surface area contributed by atoms with E-state index in [2.05, 4.69) is 5.10 Å². The Morgan fingerprint density at radius 2 is 1.79 bits per heavy atom. The minimum absolute atomic E-state index is 0.0310. The minimum atomic E-state index is -4.48. The van der Waals surface area contributed by atoms with E-state index in [-0.39, 0.29) is 23.9 Å². The maximum atomic E-state index is 12.7. The number of carbonyl (C=O) groups excluding carboxylic acids is 1. The molecule has 1 aromatic heterocycles. The largest absolute Gasteiger partial charge is 0.433 e. The highest BCUT2D eigenvalue weighted by molar-refractivity contribution is 5.94. The maximum absolute atomic E-state index is 12.7. The summed E-state index contributed by atoms with van der Waals surface area (Å²) in [7, 11) is 2.84. The zero-order valence-electron chi connectivity index (χ0n) is 11.1. The van der Waals surface area contributed by atoms with Crippen molar-refractivity contribution in [2.45, 2.75) is 32.1 Å². The molecule has 1 aliphatic rings. The van der Waals surface area contributed by atoms with Crippen molar-refractivity contribution in [1.29, 1.82) is 0 Å². The first kappa shape index (κ1) is 13.7. The third-order valence-corrected chi connectivity index (χ3v) is 3.63. The molecule has 19 heavy (non-hydrogen) atoms. The van der Waals surface area contributed by atoms with Gasteiger partial charge < -0.3 is 4.90 Å². The zero-order chi connectivity index (χ0) is 14.5. The number of hydrogen-bond acceptors (Lipinski definition) is 2. The van der Waals surface area contributed by atoms with Gasteiger partial charge in [-0.3, -0.25) is 9.58 Å². The molecule has 0 aliphatic carbocycles. The molecule has 0 aromatic carbocycles. The van der Waals surface area contributed by atoms with E-state index in [4.69, 9.17) is 0 Å². The number of nitrogens with zero attached hydrogens (tertiary/aromatic N) is 4. The number of alkyl halides is 3. The molecule has 0 bridgehead atoms. The lowest BCUT2D eigenvalue weighted by Gasteiger charge is -2.18. The smallest absolute Gasteiger partial charge is 0.323 e. The number of anilines is 1. The summed E-state index contributed by atoms with van der Waals surface area (Å²) in [5, 5.41) is 3.80. The van der Waals surface area contributed by atoms with Crippen LogP contribution in [0.3, 0.4) is 0 Å². The van der Waals surface area contributed by atoms with E-state index in [1.54, 1.807) is 14.0 Å². The van der Waals surface area contributed by atoms with Crippen molar-refractivity contribution < 1.29 is 18.0 Å². The molecule has 0 N–H and O–H groups in total. The quantitative estimate of drug-likeness (QED) is 0.788. The summed E-state index contributed by atoms with van der Waals surface area (Å²) in [5.41, 5.74) is -0.871. The summed E-state index contributed by atoms with van der Waals surface area (Å²) in [5.74, 6) is 0.0310. The number of rotatable bonds is 1. The second-order valence-electron chi connectivity index (χ2n) is 4.75. The predicted octanol–water partition coefficient (Wildman–Crippen LogP) is 2.09. The number of urea groups is 1. The second-order valence-corrected chi connectivity index (χ2v) is 4.75. The van der Waals surface area contributed by atoms with E-state index >= 15 is 0 Å². The molecular weight excluding hydrogens is 261 g/mol. The van der Waals surface area contributed by atoms with E-state index in [1.807, 2.05) is 6.92 Å². The summed E-state index contributed by atoms with van der Waals surface area (Å²) in [6.07, 6.45) is -4.48. The third-order valence-electron chi connectivity index (χ3n) is 3.63. The van der Waals surface area contributed by atoms with Gasteiger partial charge in [-0.25, -0.2) is 4.79 Å². The van der Waals surface area contributed by atoms with Crippen molar-refractivity contribution in [3.05, 3.63) is 11.8 Å². The highest BCUT2D eigenvalue weighted by atomic mass is 19.4. The molecule has 1 aromatic rings. The van der Waals surface area contributed by atoms with Gasteiger partial charge in [0.15, 0.2) is 5.82 Å². The Bertz CT molecular complexity index is 511. The van der Waals surface area contributed by atoms with E-state index in [0.29, 0.717) is 0 Å². The van der Waals surface area contributed by atoms with E-state index in [0.717, 1.165) is 10.7 Å². The Hall–Kier alpha value is -1.73. The molecule has 8 heteroatoms. The Morgan fingerprint density at radius 3 is 2.16 bits per heavy atom. The van der Waals surface area contributed by atoms with E-state index in [9.17, 15) is 18.0 Å². The van der Waals surface area contributed by atoms with Crippen molar-refractivity contribution in [3.63, 3.8) is 0 Å². The number of aryl methyl sites for hydroxylation is 1. The normalized spacial score (nSPS) is 24.5. The fourth-order valence-electron chi connectivity index (χ4n) is 2.20. The Morgan fingerprint density at radius 1 is 1.21 bits per heavy atom. The van der Waals surface area contributed by atoms with Crippen LogP contribution in [-0.4, -0.2) is 39.8 Å². The lowest BCUT2D eigenvalue weighted by molar-refractivity contribution is -0.143. The van der Waals surface area contributed by atoms with Gasteiger partial charge in [0.05, 0.1) is 12.1 Å². The molecule has 2 heterocycles. The van der Waals surface area contributed by atoms with Gasteiger partial charge in [0.1, 0.15) is 5.69 Å². The third kappa shape index (κ3) is 2.04. The summed E-state index contributed by atoms with van der Waals surface area (Å²) in [6, 6.07) is 0.254. The van der Waals surface area contributed by atoms with Crippen LogP contribution < -0.4 is 4.90 Å². The van der Waals surface area contributed by atoms with Crippen LogP contribution in [0.1, 0.15) is 19.5 Å². The van der Waals surface area contributed by atoms with Crippen molar-refractivity contribution >= 4 is 11.8 Å². The lowest BCUT2D eigenvalue weighted by Crippen LogP contribution is -2.33. The van der Waals surface area contributed by atoms with E-state index < -0.39 is 11.9 Å². The molecule has 1 aliphatic heterocycles. The van der Waals surface area contributed by atoms with Gasteiger partial charge in [-0.05, 0) is 13.8 Å². The molecule has 0 saturated carbocycles. The van der Waals surface area contributed by atoms with Crippen LogP contribution in [0.4, 0.5) is 23.8 Å². The monoisotopic (exact) mass is 276 g/mol. The molecular formula is C11H15F3N4O. The molecule has 2 unspecified atom stereocenters. The molecule has 2 rings (SSSR count). The zero-order valence-corrected chi connectivity index (χ0v) is 11.1. The molecule has 1 fully saturated rings. The first-order valence-corrected chi connectivity index (χ1v) is 5.82. The van der Waals surface area contributed by atoms with Gasteiger partial charge >= 0.3 is 12.2 Å². The van der Waals surface area contributed by atoms with Crippen molar-refractivity contribution in [2.75, 3.05) is 11.9 Å². The molecule has 106 valence electrons. The van der Waals surface area contributed by atoms with Crippen molar-refractivity contribution in [2.24, 2.45) is 7.05 Å². The predicted molar refractivity (Wildman–Crippen MR) is 62.8 cm³/mol. The lowest BCUT2D eigenvalue weighted by atomic mass is 10.2. The topological polar surface area (TPSA) is 41.4 Å². The number of amides is 2. The fraction of sp³-hybridized carbons (Fsp3) is 0.636. The Kier molecular flexibility index (Phi) is 2.98. The molecule has 0 radical (unpaired) electrons. The van der Waals surface area contributed by atoms with E-state index in [1.165, 1.54) is 16.8 Å². The van der Waals surface area contributed by atoms with Gasteiger partial charge in [-0.15, -0.1) is 0 Å². The van der Waals surface area contributed by atoms with Gasteiger partial charge in [-0.2, -0.15) is 18.3 Å². The summed E-state index contributed by atoms with van der Waals surface area (Å²) in [4.78, 5) is 14.8. The molecule has 2 amide bonds. The first-order chi connectivity index (χ1) is 8.64. The van der Waals surface area contributed by atoms with Crippen LogP contribution in [0.5, 0.6) is 0 Å². The highest BCUT2D eigenvalue weighted by Gasteiger charge is 2.42. The van der Waals surface area contributed by atoms with Crippen molar-refractivity contribution in [1.82, 2.24) is 14.7 Å². The van der Waals surface area contributed by atoms with Gasteiger partial charge in [0.25, 0.3) is 0 Å². The Labute approximate surface area is 108 Å². The SMILES string of the molecule is CC1C(C)N(c2cc(C(F)(F)F)n(C)n2)C(=O)N1C. The van der Waals surface area contributed by atoms with Gasteiger partial charge in [0.2, 0.25) is 0 Å². The van der Waals surface area contributed by atoms with Crippen molar-refractivity contribution in [3.8, 4) is 0 Å². The number of likely N-dealkylation sites (N-methyl/N-ethyl adjacent to an activating group) is 1. The van der Waals surface area contributed by atoms with Crippen LogP contribution in [0.2, 0.25) is 0 Å². The number of aromatic nitrogens is 2. The van der Waals surface area contributed by atoms with Gasteiger partial charge in [0, 0.05) is 20.2 Å². The molecule has 5 nitrogen and oxygen atoms in total. The summed E-state index contributed by atoms with van der Waals surface area (Å²) in [6.45, 7) is 3.63. The first-order valence-electron chi connectivity index (χ1n) is 5.82. The summed E-state index contributed by atoms with van der Waals surface area (Å²) < 4.78 is 38.9. The maximum Gasteiger partial charge on any atom is 0.433 e. The fourth-order valence-corrected chi connectivity index (χ4v) is 2.20. The van der Waals surface area contributed by atoms with Crippen LogP contribution >= 0.6 is 0 Å². The minimum Gasteiger partial charge on any atom is -0.323 e. The molecule has 0 spiro atoms. The standard InChI is InChI=1S/C11H15F3N4O/c1-6-7(2)18(10(19)16(6)3)9-5-8(11(12,13)14)17(4)15-9/h5-7H,1-4H3. The average molecular weight is 276 g/mol. The Balaban J connectivity index is 2.41. The summed E-state index contributed by atoms with van der Waals surface area (Å²) >= 11 is 0. The molecule has 1 saturated heterocycles.